The number of nitrogens with one attached hydrogen (secondary N) is 1. The van der Waals surface area contributed by atoms with Crippen molar-refractivity contribution in [2.75, 3.05) is 6.54 Å². The average Bonchev–Trinajstić information content (AvgIpc) is 2.73. The van der Waals surface area contributed by atoms with Crippen molar-refractivity contribution in [3.63, 3.8) is 0 Å². The Morgan fingerprint density at radius 1 is 1.69 bits per heavy atom. The number of nitrogens with two attached hydrogens (primary N) is 1. The van der Waals surface area contributed by atoms with Gasteiger partial charge in [-0.1, -0.05) is 13.8 Å². The van der Waals surface area contributed by atoms with Crippen LogP contribution in [0.5, 0.6) is 0 Å². The zero-order valence-electron chi connectivity index (χ0n) is 9.43. The van der Waals surface area contributed by atoms with Gasteiger partial charge in [0, 0.05) is 18.5 Å². The van der Waals surface area contributed by atoms with Crippen LogP contribution in [0.1, 0.15) is 29.3 Å². The van der Waals surface area contributed by atoms with Crippen molar-refractivity contribution in [2.45, 2.75) is 26.5 Å². The molecule has 0 aliphatic heterocycles. The number of carbonyl (C=O) groups excluding carboxylic acids is 1. The van der Waals surface area contributed by atoms with Crippen LogP contribution in [-0.2, 0) is 6.54 Å². The van der Waals surface area contributed by atoms with E-state index in [4.69, 9.17) is 5.73 Å². The third-order valence-corrected chi connectivity index (χ3v) is 3.07. The van der Waals surface area contributed by atoms with Crippen LogP contribution in [0.2, 0.25) is 0 Å². The van der Waals surface area contributed by atoms with E-state index in [1.54, 1.807) is 5.38 Å². The third kappa shape index (κ3) is 3.55. The summed E-state index contributed by atoms with van der Waals surface area (Å²) >= 11 is 1.36. The Kier molecular flexibility index (Phi) is 4.85. The summed E-state index contributed by atoms with van der Waals surface area (Å²) in [4.78, 5) is 15.6. The lowest BCUT2D eigenvalue weighted by Crippen LogP contribution is -2.34. The Morgan fingerprint density at radius 3 is 2.88 bits per heavy atom. The number of hydrogen-bond acceptors (Lipinski definition) is 5. The molecule has 1 aromatic rings. The summed E-state index contributed by atoms with van der Waals surface area (Å²) in [5.74, 6) is -0.147. The molecule has 0 bridgehead atoms. The van der Waals surface area contributed by atoms with Crippen molar-refractivity contribution < 1.29 is 9.90 Å². The number of rotatable bonds is 5. The van der Waals surface area contributed by atoms with E-state index in [9.17, 15) is 9.90 Å². The van der Waals surface area contributed by atoms with Gasteiger partial charge in [0.1, 0.15) is 10.7 Å². The quantitative estimate of drug-likeness (QED) is 0.696. The molecule has 90 valence electrons. The molecule has 0 saturated heterocycles. The van der Waals surface area contributed by atoms with E-state index in [0.717, 1.165) is 5.01 Å². The summed E-state index contributed by atoms with van der Waals surface area (Å²) in [5.41, 5.74) is 5.76. The van der Waals surface area contributed by atoms with Gasteiger partial charge < -0.3 is 16.2 Å². The fraction of sp³-hybridized carbons (Fsp3) is 0.600. The Labute approximate surface area is 98.7 Å². The number of carbonyl (C=O) groups is 1. The molecule has 1 heterocycles. The van der Waals surface area contributed by atoms with E-state index >= 15 is 0 Å². The van der Waals surface area contributed by atoms with Crippen molar-refractivity contribution in [1.29, 1.82) is 0 Å². The first-order valence-electron chi connectivity index (χ1n) is 5.15. The normalized spacial score (nSPS) is 12.8. The smallest absolute Gasteiger partial charge is 0.270 e. The predicted octanol–water partition coefficient (Wildman–Crippen LogP) is 0.349. The summed E-state index contributed by atoms with van der Waals surface area (Å²) in [7, 11) is 0. The van der Waals surface area contributed by atoms with Crippen LogP contribution < -0.4 is 11.1 Å². The van der Waals surface area contributed by atoms with Crippen LogP contribution >= 0.6 is 11.3 Å². The zero-order chi connectivity index (χ0) is 12.1. The van der Waals surface area contributed by atoms with Crippen LogP contribution in [0.3, 0.4) is 0 Å². The standard InChI is InChI=1S/C10H17N3O2S/c1-6(2)8(14)4-12-10(15)7-5-16-9(3-11)13-7/h5-6,8,14H,3-4,11H2,1-2H3,(H,12,15). The lowest BCUT2D eigenvalue weighted by molar-refractivity contribution is 0.0867. The average molecular weight is 243 g/mol. The first-order valence-corrected chi connectivity index (χ1v) is 6.03. The molecule has 6 heteroatoms. The molecule has 0 saturated carbocycles. The van der Waals surface area contributed by atoms with Gasteiger partial charge in [0.15, 0.2) is 0 Å². The molecule has 0 aliphatic carbocycles. The molecular weight excluding hydrogens is 226 g/mol. The Bertz CT molecular complexity index is 352. The van der Waals surface area contributed by atoms with Crippen molar-refractivity contribution >= 4 is 17.2 Å². The van der Waals surface area contributed by atoms with Gasteiger partial charge in [0.2, 0.25) is 0 Å². The molecule has 0 spiro atoms. The SMILES string of the molecule is CC(C)C(O)CNC(=O)c1csc(CN)n1. The summed E-state index contributed by atoms with van der Waals surface area (Å²) in [5, 5.41) is 14.6. The zero-order valence-corrected chi connectivity index (χ0v) is 10.3. The van der Waals surface area contributed by atoms with Crippen LogP contribution in [0.25, 0.3) is 0 Å². The second kappa shape index (κ2) is 5.93. The molecule has 1 amide bonds. The van der Waals surface area contributed by atoms with Gasteiger partial charge in [-0.3, -0.25) is 4.79 Å². The molecule has 1 atom stereocenters. The van der Waals surface area contributed by atoms with Gasteiger partial charge in [-0.15, -0.1) is 11.3 Å². The van der Waals surface area contributed by atoms with Crippen molar-refractivity contribution in [3.05, 3.63) is 16.1 Å². The van der Waals surface area contributed by atoms with Gasteiger partial charge in [0.05, 0.1) is 6.10 Å². The molecule has 5 nitrogen and oxygen atoms in total. The monoisotopic (exact) mass is 243 g/mol. The van der Waals surface area contributed by atoms with Gasteiger partial charge in [0.25, 0.3) is 5.91 Å². The Balaban J connectivity index is 2.46. The maximum absolute atomic E-state index is 11.6. The fourth-order valence-electron chi connectivity index (χ4n) is 1.03. The highest BCUT2D eigenvalue weighted by atomic mass is 32.1. The van der Waals surface area contributed by atoms with Gasteiger partial charge >= 0.3 is 0 Å². The fourth-order valence-corrected chi connectivity index (χ4v) is 1.69. The molecule has 16 heavy (non-hydrogen) atoms. The summed E-state index contributed by atoms with van der Waals surface area (Å²) in [6.07, 6.45) is -0.531. The molecule has 0 radical (unpaired) electrons. The highest BCUT2D eigenvalue weighted by molar-refractivity contribution is 7.09. The van der Waals surface area contributed by atoms with E-state index in [2.05, 4.69) is 10.3 Å². The minimum Gasteiger partial charge on any atom is -0.391 e. The lowest BCUT2D eigenvalue weighted by atomic mass is 10.1. The molecular formula is C10H17N3O2S. The number of aliphatic hydroxyl groups is 1. The first-order chi connectivity index (χ1) is 7.54. The topological polar surface area (TPSA) is 88.2 Å². The molecule has 0 fully saturated rings. The molecule has 1 unspecified atom stereocenters. The van der Waals surface area contributed by atoms with Crippen LogP contribution in [0, 0.1) is 5.92 Å². The molecule has 0 aliphatic rings. The largest absolute Gasteiger partial charge is 0.391 e. The van der Waals surface area contributed by atoms with Crippen molar-refractivity contribution in [1.82, 2.24) is 10.3 Å². The van der Waals surface area contributed by atoms with Crippen LogP contribution in [0.4, 0.5) is 0 Å². The van der Waals surface area contributed by atoms with Crippen molar-refractivity contribution in [3.8, 4) is 0 Å². The number of thiazole rings is 1. The molecule has 0 aromatic carbocycles. The highest BCUT2D eigenvalue weighted by Crippen LogP contribution is 2.08. The van der Waals surface area contributed by atoms with Gasteiger partial charge in [-0.25, -0.2) is 4.98 Å². The number of hydrogen-bond donors (Lipinski definition) is 3. The second-order valence-corrected chi connectivity index (χ2v) is 4.79. The Morgan fingerprint density at radius 2 is 2.38 bits per heavy atom. The summed E-state index contributed by atoms with van der Waals surface area (Å²) in [6.45, 7) is 4.37. The molecule has 1 aromatic heterocycles. The van der Waals surface area contributed by atoms with E-state index in [0.29, 0.717) is 12.2 Å². The summed E-state index contributed by atoms with van der Waals surface area (Å²) in [6, 6.07) is 0. The number of aliphatic hydroxyl groups excluding tert-OH is 1. The van der Waals surface area contributed by atoms with E-state index in [1.165, 1.54) is 11.3 Å². The molecule has 4 N–H and O–H groups in total. The molecule has 1 rings (SSSR count). The van der Waals surface area contributed by atoms with Crippen molar-refractivity contribution in [2.24, 2.45) is 11.7 Å². The predicted molar refractivity (Wildman–Crippen MR) is 63.2 cm³/mol. The van der Waals surface area contributed by atoms with E-state index < -0.39 is 6.10 Å². The number of nitrogens with zero attached hydrogens (tertiary/aromatic N) is 1. The maximum atomic E-state index is 11.6. The Hall–Kier alpha value is -0.980. The minimum atomic E-state index is -0.531. The summed E-state index contributed by atoms with van der Waals surface area (Å²) < 4.78 is 0. The minimum absolute atomic E-state index is 0.121. The lowest BCUT2D eigenvalue weighted by Gasteiger charge is -2.14. The highest BCUT2D eigenvalue weighted by Gasteiger charge is 2.13. The number of aromatic nitrogens is 1. The maximum Gasteiger partial charge on any atom is 0.270 e. The van der Waals surface area contributed by atoms with Gasteiger partial charge in [-0.05, 0) is 5.92 Å². The number of amides is 1. The van der Waals surface area contributed by atoms with E-state index in [1.807, 2.05) is 13.8 Å². The van der Waals surface area contributed by atoms with Crippen LogP contribution in [0.15, 0.2) is 5.38 Å². The van der Waals surface area contributed by atoms with E-state index in [-0.39, 0.29) is 18.4 Å². The third-order valence-electron chi connectivity index (χ3n) is 2.20. The van der Waals surface area contributed by atoms with Gasteiger partial charge in [-0.2, -0.15) is 0 Å². The second-order valence-electron chi connectivity index (χ2n) is 3.85. The van der Waals surface area contributed by atoms with Crippen LogP contribution in [-0.4, -0.2) is 28.6 Å². The first kappa shape index (κ1) is 13.1.